The number of H-pyrrole nitrogens is 1. The standard InChI is InChI=1S/C37H27ClN6O2/c1-43-22-36(21-39,34(45)27-19-40-30-15-9-8-14-26(27)30)33(37(43)29-18-24(38)16-17-31(29)41-35(37)46)28-20-44(25-12-6-3-7-13-25)42-32(28)23-10-4-2-5-11-23/h2-20,33,40H,22H2,1H3,(H,41,46)/t33-,36+,37+/m1/s1. The van der Waals surface area contributed by atoms with Crippen molar-refractivity contribution >= 4 is 39.9 Å². The third kappa shape index (κ3) is 3.79. The lowest BCUT2D eigenvalue weighted by molar-refractivity contribution is -0.126. The summed E-state index contributed by atoms with van der Waals surface area (Å²) in [7, 11) is 1.80. The molecule has 46 heavy (non-hydrogen) atoms. The first-order chi connectivity index (χ1) is 22.4. The third-order valence-corrected chi connectivity index (χ3v) is 9.78. The molecule has 2 aliphatic heterocycles. The van der Waals surface area contributed by atoms with Crippen LogP contribution in [0.4, 0.5) is 5.69 Å². The van der Waals surface area contributed by atoms with Crippen LogP contribution in [0.2, 0.25) is 5.02 Å². The monoisotopic (exact) mass is 622 g/mol. The highest BCUT2D eigenvalue weighted by Crippen LogP contribution is 2.63. The number of aromatic nitrogens is 3. The maximum Gasteiger partial charge on any atom is 0.250 e. The lowest BCUT2D eigenvalue weighted by Gasteiger charge is -2.37. The summed E-state index contributed by atoms with van der Waals surface area (Å²) in [6.45, 7) is -0.00335. The molecule has 9 heteroatoms. The number of nitriles is 1. The lowest BCUT2D eigenvalue weighted by atomic mass is 9.62. The largest absolute Gasteiger partial charge is 0.360 e. The zero-order valence-electron chi connectivity index (χ0n) is 24.7. The number of Topliss-reactive ketones (excluding diaryl/α,β-unsaturated/α-hetero) is 1. The van der Waals surface area contributed by atoms with E-state index in [1.165, 1.54) is 0 Å². The van der Waals surface area contributed by atoms with Crippen LogP contribution in [0.15, 0.2) is 116 Å². The molecule has 1 spiro atoms. The number of ketones is 1. The average Bonchev–Trinajstić information content (AvgIpc) is 3.84. The molecule has 3 atom stereocenters. The Morgan fingerprint density at radius 2 is 1.72 bits per heavy atom. The Labute approximate surface area is 269 Å². The summed E-state index contributed by atoms with van der Waals surface area (Å²) in [5.74, 6) is -1.67. The number of amides is 1. The van der Waals surface area contributed by atoms with Gasteiger partial charge < -0.3 is 10.3 Å². The molecule has 8 rings (SSSR count). The number of halogens is 1. The van der Waals surface area contributed by atoms with E-state index in [4.69, 9.17) is 16.7 Å². The molecule has 4 heterocycles. The van der Waals surface area contributed by atoms with Gasteiger partial charge in [0.15, 0.2) is 5.78 Å². The van der Waals surface area contributed by atoms with E-state index in [1.807, 2.05) is 96.0 Å². The number of para-hydroxylation sites is 2. The van der Waals surface area contributed by atoms with Crippen molar-refractivity contribution in [3.8, 4) is 23.0 Å². The molecule has 8 nitrogen and oxygen atoms in total. The van der Waals surface area contributed by atoms with Crippen molar-refractivity contribution in [3.05, 3.63) is 137 Å². The number of carbonyl (C=O) groups is 2. The number of nitrogens with one attached hydrogen (secondary N) is 2. The molecule has 2 N–H and O–H groups in total. The highest BCUT2D eigenvalue weighted by molar-refractivity contribution is 6.31. The van der Waals surface area contributed by atoms with Gasteiger partial charge in [-0.3, -0.25) is 14.5 Å². The second kappa shape index (κ2) is 10.3. The van der Waals surface area contributed by atoms with Gasteiger partial charge in [-0.2, -0.15) is 10.4 Å². The van der Waals surface area contributed by atoms with Gasteiger partial charge in [-0.15, -0.1) is 0 Å². The molecular formula is C37H27ClN6O2. The maximum absolute atomic E-state index is 15.1. The summed E-state index contributed by atoms with van der Waals surface area (Å²) >= 11 is 6.59. The highest BCUT2D eigenvalue weighted by Gasteiger charge is 2.71. The van der Waals surface area contributed by atoms with E-state index in [1.54, 1.807) is 36.1 Å². The molecule has 2 aliphatic rings. The number of aromatic amines is 1. The van der Waals surface area contributed by atoms with Gasteiger partial charge in [-0.1, -0.05) is 78.3 Å². The van der Waals surface area contributed by atoms with Crippen LogP contribution < -0.4 is 5.32 Å². The maximum atomic E-state index is 15.1. The third-order valence-electron chi connectivity index (χ3n) is 9.55. The van der Waals surface area contributed by atoms with Crippen LogP contribution >= 0.6 is 11.6 Å². The zero-order valence-corrected chi connectivity index (χ0v) is 25.5. The van der Waals surface area contributed by atoms with Crippen LogP contribution in [0, 0.1) is 16.7 Å². The van der Waals surface area contributed by atoms with Crippen molar-refractivity contribution in [1.29, 1.82) is 5.26 Å². The summed E-state index contributed by atoms with van der Waals surface area (Å²) in [4.78, 5) is 34.7. The molecule has 1 fully saturated rings. The van der Waals surface area contributed by atoms with Crippen LogP contribution in [0.25, 0.3) is 27.8 Å². The smallest absolute Gasteiger partial charge is 0.250 e. The minimum Gasteiger partial charge on any atom is -0.360 e. The van der Waals surface area contributed by atoms with Gasteiger partial charge in [-0.25, -0.2) is 4.68 Å². The van der Waals surface area contributed by atoms with Crippen molar-refractivity contribution in [1.82, 2.24) is 19.7 Å². The van der Waals surface area contributed by atoms with E-state index in [2.05, 4.69) is 16.4 Å². The van der Waals surface area contributed by atoms with E-state index >= 15 is 4.79 Å². The van der Waals surface area contributed by atoms with Crippen molar-refractivity contribution in [2.45, 2.75) is 11.5 Å². The molecule has 2 aromatic heterocycles. The second-order valence-electron chi connectivity index (χ2n) is 11.9. The van der Waals surface area contributed by atoms with Crippen LogP contribution in [0.1, 0.15) is 27.4 Å². The number of carbonyl (C=O) groups excluding carboxylic acids is 2. The van der Waals surface area contributed by atoms with E-state index in [-0.39, 0.29) is 18.2 Å². The first-order valence-corrected chi connectivity index (χ1v) is 15.3. The number of nitrogens with zero attached hydrogens (tertiary/aromatic N) is 4. The first kappa shape index (κ1) is 28.0. The van der Waals surface area contributed by atoms with Gasteiger partial charge in [0.1, 0.15) is 11.0 Å². The first-order valence-electron chi connectivity index (χ1n) is 14.9. The normalized spacial score (nSPS) is 22.2. The molecule has 1 amide bonds. The number of benzene rings is 4. The number of rotatable bonds is 5. The quantitative estimate of drug-likeness (QED) is 0.203. The fraction of sp³-hybridized carbons (Fsp3) is 0.135. The van der Waals surface area contributed by atoms with Gasteiger partial charge in [0.25, 0.3) is 0 Å². The van der Waals surface area contributed by atoms with Crippen molar-refractivity contribution < 1.29 is 9.59 Å². The molecule has 6 aromatic rings. The molecule has 4 aromatic carbocycles. The van der Waals surface area contributed by atoms with Crippen molar-refractivity contribution in [2.75, 3.05) is 18.9 Å². The van der Waals surface area contributed by atoms with Crippen molar-refractivity contribution in [3.63, 3.8) is 0 Å². The molecule has 0 radical (unpaired) electrons. The molecule has 224 valence electrons. The minimum absolute atomic E-state index is 0.00335. The molecule has 0 aliphatic carbocycles. The van der Waals surface area contributed by atoms with E-state index in [0.717, 1.165) is 16.8 Å². The topological polar surface area (TPSA) is 107 Å². The summed E-state index contributed by atoms with van der Waals surface area (Å²) in [6.07, 6.45) is 3.53. The summed E-state index contributed by atoms with van der Waals surface area (Å²) in [5, 5.41) is 20.6. The number of hydrogen-bond donors (Lipinski definition) is 2. The molecule has 0 bridgehead atoms. The molecule has 0 unspecified atom stereocenters. The van der Waals surface area contributed by atoms with Crippen LogP contribution in [-0.2, 0) is 10.3 Å². The highest BCUT2D eigenvalue weighted by atomic mass is 35.5. The summed E-state index contributed by atoms with van der Waals surface area (Å²) in [6, 6.07) is 34.6. The zero-order chi connectivity index (χ0) is 31.6. The fourth-order valence-corrected chi connectivity index (χ4v) is 7.76. The van der Waals surface area contributed by atoms with Crippen LogP contribution in [-0.4, -0.2) is 44.9 Å². The fourth-order valence-electron chi connectivity index (χ4n) is 7.59. The Bertz CT molecular complexity index is 2220. The Balaban J connectivity index is 1.46. The molecular weight excluding hydrogens is 596 g/mol. The van der Waals surface area contributed by atoms with E-state index in [9.17, 15) is 10.1 Å². The average molecular weight is 623 g/mol. The number of hydrogen-bond acceptors (Lipinski definition) is 5. The minimum atomic E-state index is -1.70. The van der Waals surface area contributed by atoms with Gasteiger partial charge in [0.05, 0.1) is 17.5 Å². The van der Waals surface area contributed by atoms with Crippen LogP contribution in [0.5, 0.6) is 0 Å². The Morgan fingerprint density at radius 3 is 2.48 bits per heavy atom. The summed E-state index contributed by atoms with van der Waals surface area (Å²) < 4.78 is 1.76. The number of likely N-dealkylation sites (N-methyl/N-ethyl adjacent to an activating group) is 1. The number of anilines is 1. The SMILES string of the molecule is CN1C[C@](C#N)(C(=O)c2c[nH]c3ccccc23)[C@@H](c2cn(-c3ccccc3)nc2-c2ccccc2)[C@@]12C(=O)Nc1ccc(Cl)cc12. The van der Waals surface area contributed by atoms with Gasteiger partial charge >= 0.3 is 0 Å². The van der Waals surface area contributed by atoms with E-state index in [0.29, 0.717) is 38.5 Å². The van der Waals surface area contributed by atoms with Crippen LogP contribution in [0.3, 0.4) is 0 Å². The number of fused-ring (bicyclic) bond motifs is 3. The van der Waals surface area contributed by atoms with E-state index < -0.39 is 16.9 Å². The van der Waals surface area contributed by atoms with Gasteiger partial charge in [0, 0.05) is 68.7 Å². The predicted octanol–water partition coefficient (Wildman–Crippen LogP) is 6.94. The lowest BCUT2D eigenvalue weighted by Crippen LogP contribution is -2.49. The molecule has 1 saturated heterocycles. The Hall–Kier alpha value is -5.49. The predicted molar refractivity (Wildman–Crippen MR) is 177 cm³/mol. The van der Waals surface area contributed by atoms with Gasteiger partial charge in [-0.05, 0) is 43.4 Å². The van der Waals surface area contributed by atoms with Crippen molar-refractivity contribution in [2.24, 2.45) is 5.41 Å². The second-order valence-corrected chi connectivity index (χ2v) is 12.4. The van der Waals surface area contributed by atoms with Gasteiger partial charge in [0.2, 0.25) is 5.91 Å². The Morgan fingerprint density at radius 1 is 1.00 bits per heavy atom. The summed E-state index contributed by atoms with van der Waals surface area (Å²) in [5.41, 5.74) is 2.04. The molecule has 0 saturated carbocycles. The Kier molecular flexibility index (Phi) is 6.26. The number of likely N-dealkylation sites (tertiary alicyclic amines) is 1.